The number of benzene rings is 2. The molecule has 3 aromatic rings. The van der Waals surface area contributed by atoms with Gasteiger partial charge >= 0.3 is 6.18 Å². The molecule has 25 heavy (non-hydrogen) atoms. The van der Waals surface area contributed by atoms with Crippen LogP contribution in [0.5, 0.6) is 0 Å². The molecule has 0 unspecified atom stereocenters. The molecule has 7 heteroatoms. The molecule has 0 amide bonds. The van der Waals surface area contributed by atoms with Crippen LogP contribution in [-0.4, -0.2) is 9.97 Å². The third-order valence-electron chi connectivity index (χ3n) is 3.62. The zero-order valence-electron chi connectivity index (χ0n) is 12.9. The normalized spacial score (nSPS) is 11.4. The van der Waals surface area contributed by atoms with Crippen molar-refractivity contribution in [2.24, 2.45) is 0 Å². The monoisotopic (exact) mass is 407 g/mol. The minimum atomic E-state index is -4.36. The highest BCUT2D eigenvalue weighted by Crippen LogP contribution is 2.32. The molecule has 0 saturated heterocycles. The molecular weight excluding hydrogens is 395 g/mol. The molecule has 0 atom stereocenters. The predicted molar refractivity (Wildman–Crippen MR) is 93.5 cm³/mol. The lowest BCUT2D eigenvalue weighted by Crippen LogP contribution is -2.17. The smallest absolute Gasteiger partial charge is 0.334 e. The Morgan fingerprint density at radius 3 is 2.00 bits per heavy atom. The highest BCUT2D eigenvalue weighted by molar-refractivity contribution is 9.10. The van der Waals surface area contributed by atoms with Crippen molar-refractivity contribution in [2.45, 2.75) is 12.7 Å². The fraction of sp³-hybridized carbons (Fsp3) is 0.111. The molecule has 0 bridgehead atoms. The van der Waals surface area contributed by atoms with Gasteiger partial charge in [0, 0.05) is 16.7 Å². The fourth-order valence-electron chi connectivity index (χ4n) is 2.37. The molecule has 0 aliphatic rings. The van der Waals surface area contributed by atoms with E-state index in [1.54, 1.807) is 12.4 Å². The zero-order valence-corrected chi connectivity index (χ0v) is 14.5. The van der Waals surface area contributed by atoms with Gasteiger partial charge < -0.3 is 4.90 Å². The first-order valence-corrected chi connectivity index (χ1v) is 8.17. The lowest BCUT2D eigenvalue weighted by molar-refractivity contribution is -0.137. The summed E-state index contributed by atoms with van der Waals surface area (Å²) in [6.07, 6.45) is 0.312. The van der Waals surface area contributed by atoms with Crippen LogP contribution in [0, 0.1) is 0 Å². The molecule has 0 saturated carbocycles. The maximum absolute atomic E-state index is 12.8. The van der Waals surface area contributed by atoms with Gasteiger partial charge in [-0.2, -0.15) is 13.2 Å². The van der Waals surface area contributed by atoms with E-state index in [0.717, 1.165) is 22.2 Å². The average Bonchev–Trinajstić information content (AvgIpc) is 2.61. The Balaban J connectivity index is 1.95. The van der Waals surface area contributed by atoms with E-state index in [1.165, 1.54) is 18.5 Å². The second-order valence-electron chi connectivity index (χ2n) is 5.35. The van der Waals surface area contributed by atoms with Gasteiger partial charge in [0.1, 0.15) is 6.33 Å². The maximum atomic E-state index is 12.8. The lowest BCUT2D eigenvalue weighted by Gasteiger charge is -2.25. The van der Waals surface area contributed by atoms with Crippen molar-refractivity contribution in [3.05, 3.63) is 82.9 Å². The maximum Gasteiger partial charge on any atom is 0.416 e. The number of nitrogens with zero attached hydrogens (tertiary/aromatic N) is 3. The van der Waals surface area contributed by atoms with Gasteiger partial charge in [0.2, 0.25) is 0 Å². The SMILES string of the molecule is FC(F)(F)c1ccc(N(Cc2ccc(Br)cc2)c2cncnc2)cc1. The molecule has 0 aliphatic carbocycles. The van der Waals surface area contributed by atoms with Crippen molar-refractivity contribution >= 4 is 27.3 Å². The van der Waals surface area contributed by atoms with Crippen LogP contribution in [0.2, 0.25) is 0 Å². The van der Waals surface area contributed by atoms with E-state index in [2.05, 4.69) is 25.9 Å². The number of aromatic nitrogens is 2. The number of halogens is 4. The summed E-state index contributed by atoms with van der Waals surface area (Å²) in [6, 6.07) is 12.8. The molecule has 128 valence electrons. The Kier molecular flexibility index (Phi) is 5.03. The third-order valence-corrected chi connectivity index (χ3v) is 4.15. The van der Waals surface area contributed by atoms with Gasteiger partial charge in [0.25, 0.3) is 0 Å². The molecule has 0 N–H and O–H groups in total. The second-order valence-corrected chi connectivity index (χ2v) is 6.27. The van der Waals surface area contributed by atoms with E-state index in [1.807, 2.05) is 29.2 Å². The first-order valence-electron chi connectivity index (χ1n) is 7.38. The first-order chi connectivity index (χ1) is 11.9. The van der Waals surface area contributed by atoms with Crippen LogP contribution in [0.25, 0.3) is 0 Å². The fourth-order valence-corrected chi connectivity index (χ4v) is 2.63. The summed E-state index contributed by atoms with van der Waals surface area (Å²) in [6.45, 7) is 0.478. The molecule has 3 nitrogen and oxygen atoms in total. The number of alkyl halides is 3. The highest BCUT2D eigenvalue weighted by atomic mass is 79.9. The summed E-state index contributed by atoms with van der Waals surface area (Å²) < 4.78 is 39.3. The van der Waals surface area contributed by atoms with Crippen molar-refractivity contribution in [3.8, 4) is 0 Å². The molecule has 1 aromatic heterocycles. The topological polar surface area (TPSA) is 29.0 Å². The number of anilines is 2. The van der Waals surface area contributed by atoms with Crippen LogP contribution in [0.3, 0.4) is 0 Å². The third kappa shape index (κ3) is 4.36. The molecule has 3 rings (SSSR count). The Bertz CT molecular complexity index is 819. The molecule has 0 fully saturated rings. The van der Waals surface area contributed by atoms with Crippen molar-refractivity contribution in [2.75, 3.05) is 4.90 Å². The van der Waals surface area contributed by atoms with Crippen LogP contribution >= 0.6 is 15.9 Å². The van der Waals surface area contributed by atoms with E-state index in [4.69, 9.17) is 0 Å². The van der Waals surface area contributed by atoms with Crippen LogP contribution in [-0.2, 0) is 12.7 Å². The predicted octanol–water partition coefficient (Wildman–Crippen LogP) is 5.60. The van der Waals surface area contributed by atoms with Crippen molar-refractivity contribution in [3.63, 3.8) is 0 Å². The lowest BCUT2D eigenvalue weighted by atomic mass is 10.1. The average molecular weight is 408 g/mol. The quantitative estimate of drug-likeness (QED) is 0.563. The van der Waals surface area contributed by atoms with E-state index < -0.39 is 11.7 Å². The molecule has 1 heterocycles. The summed E-state index contributed by atoms with van der Waals surface area (Å²) in [5.41, 5.74) is 1.66. The first kappa shape index (κ1) is 17.4. The summed E-state index contributed by atoms with van der Waals surface area (Å²) in [4.78, 5) is 9.87. The van der Waals surface area contributed by atoms with Gasteiger partial charge in [-0.3, -0.25) is 0 Å². The standard InChI is InChI=1S/C18H13BrF3N3/c19-15-5-1-13(2-6-15)11-25(17-9-23-12-24-10-17)16-7-3-14(4-8-16)18(20,21)22/h1-10,12H,11H2. The van der Waals surface area contributed by atoms with Gasteiger partial charge in [0.15, 0.2) is 0 Å². The van der Waals surface area contributed by atoms with Gasteiger partial charge in [-0.05, 0) is 42.0 Å². The summed E-state index contributed by atoms with van der Waals surface area (Å²) in [5.74, 6) is 0. The van der Waals surface area contributed by atoms with Crippen LogP contribution < -0.4 is 4.90 Å². The van der Waals surface area contributed by atoms with Gasteiger partial charge in [-0.15, -0.1) is 0 Å². The van der Waals surface area contributed by atoms with Crippen molar-refractivity contribution < 1.29 is 13.2 Å². The van der Waals surface area contributed by atoms with Gasteiger partial charge in [-0.25, -0.2) is 9.97 Å². The molecule has 0 spiro atoms. The number of rotatable bonds is 4. The number of hydrogen-bond donors (Lipinski definition) is 0. The Labute approximate surface area is 151 Å². The number of hydrogen-bond acceptors (Lipinski definition) is 3. The van der Waals surface area contributed by atoms with Crippen LogP contribution in [0.1, 0.15) is 11.1 Å². The van der Waals surface area contributed by atoms with Crippen molar-refractivity contribution in [1.29, 1.82) is 0 Å². The van der Waals surface area contributed by atoms with Gasteiger partial charge in [-0.1, -0.05) is 28.1 Å². The Morgan fingerprint density at radius 1 is 0.840 bits per heavy atom. The van der Waals surface area contributed by atoms with E-state index in [-0.39, 0.29) is 0 Å². The minimum absolute atomic E-state index is 0.478. The van der Waals surface area contributed by atoms with E-state index >= 15 is 0 Å². The summed E-state index contributed by atoms with van der Waals surface area (Å²) >= 11 is 3.39. The van der Waals surface area contributed by atoms with Crippen molar-refractivity contribution in [1.82, 2.24) is 9.97 Å². The van der Waals surface area contributed by atoms with Crippen LogP contribution in [0.15, 0.2) is 71.7 Å². The Morgan fingerprint density at radius 2 is 1.44 bits per heavy atom. The van der Waals surface area contributed by atoms with E-state index in [9.17, 15) is 13.2 Å². The molecule has 2 aromatic carbocycles. The second kappa shape index (κ2) is 7.23. The van der Waals surface area contributed by atoms with Gasteiger partial charge in [0.05, 0.1) is 23.6 Å². The molecular formula is C18H13BrF3N3. The molecule has 0 radical (unpaired) electrons. The highest BCUT2D eigenvalue weighted by Gasteiger charge is 2.30. The summed E-state index contributed by atoms with van der Waals surface area (Å²) in [7, 11) is 0. The van der Waals surface area contributed by atoms with Crippen LogP contribution in [0.4, 0.5) is 24.5 Å². The largest absolute Gasteiger partial charge is 0.416 e. The zero-order chi connectivity index (χ0) is 17.9. The summed E-state index contributed by atoms with van der Waals surface area (Å²) in [5, 5.41) is 0. The Hall–Kier alpha value is -2.41. The van der Waals surface area contributed by atoms with E-state index in [0.29, 0.717) is 17.9 Å². The molecule has 0 aliphatic heterocycles. The minimum Gasteiger partial charge on any atom is -0.334 e.